The van der Waals surface area contributed by atoms with Gasteiger partial charge in [0.15, 0.2) is 0 Å². The smallest absolute Gasteiger partial charge is 0.254 e. The van der Waals surface area contributed by atoms with Crippen LogP contribution >= 0.6 is 15.9 Å². The summed E-state index contributed by atoms with van der Waals surface area (Å²) in [4.78, 5) is 12.1. The lowest BCUT2D eigenvalue weighted by Gasteiger charge is -2.15. The van der Waals surface area contributed by atoms with Crippen LogP contribution in [0, 0.1) is 17.1 Å². The largest absolute Gasteiger partial charge is 0.345 e. The van der Waals surface area contributed by atoms with Crippen LogP contribution in [0.1, 0.15) is 34.5 Å². The Kier molecular flexibility index (Phi) is 4.71. The molecule has 1 atom stereocenters. The molecule has 1 amide bonds. The Labute approximate surface area is 130 Å². The second-order valence-corrected chi connectivity index (χ2v) is 5.38. The number of carbonyl (C=O) groups is 1. The lowest BCUT2D eigenvalue weighted by Crippen LogP contribution is -2.27. The van der Waals surface area contributed by atoms with Crippen molar-refractivity contribution in [3.05, 3.63) is 69.4 Å². The zero-order chi connectivity index (χ0) is 15.4. The fourth-order valence-corrected chi connectivity index (χ4v) is 2.25. The Morgan fingerprint density at radius 2 is 1.95 bits per heavy atom. The van der Waals surface area contributed by atoms with Crippen LogP contribution < -0.4 is 5.32 Å². The number of nitrogens with zero attached hydrogens (tertiary/aromatic N) is 1. The molecule has 3 nitrogen and oxygen atoms in total. The first-order valence-electron chi connectivity index (χ1n) is 6.28. The van der Waals surface area contributed by atoms with Crippen LogP contribution in [-0.2, 0) is 0 Å². The molecular weight excluding hydrogens is 335 g/mol. The van der Waals surface area contributed by atoms with Gasteiger partial charge in [0.05, 0.1) is 27.7 Å². The van der Waals surface area contributed by atoms with Gasteiger partial charge < -0.3 is 5.32 Å². The van der Waals surface area contributed by atoms with E-state index in [-0.39, 0.29) is 16.1 Å². The highest BCUT2D eigenvalue weighted by Gasteiger charge is 2.16. The van der Waals surface area contributed by atoms with E-state index in [9.17, 15) is 9.18 Å². The first-order valence-corrected chi connectivity index (χ1v) is 7.07. The maximum atomic E-state index is 13.9. The molecule has 1 N–H and O–H groups in total. The first kappa shape index (κ1) is 15.2. The minimum Gasteiger partial charge on any atom is -0.345 e. The third-order valence-corrected chi connectivity index (χ3v) is 3.70. The monoisotopic (exact) mass is 346 g/mol. The number of hydrogen-bond acceptors (Lipinski definition) is 2. The number of nitriles is 1. The van der Waals surface area contributed by atoms with Crippen molar-refractivity contribution in [2.75, 3.05) is 0 Å². The van der Waals surface area contributed by atoms with Crippen molar-refractivity contribution in [2.45, 2.75) is 13.0 Å². The van der Waals surface area contributed by atoms with Crippen LogP contribution in [0.5, 0.6) is 0 Å². The minimum atomic E-state index is -0.581. The summed E-state index contributed by atoms with van der Waals surface area (Å²) in [6.07, 6.45) is 0. The third kappa shape index (κ3) is 3.47. The van der Waals surface area contributed by atoms with E-state index in [4.69, 9.17) is 5.26 Å². The van der Waals surface area contributed by atoms with E-state index >= 15 is 0 Å². The molecule has 0 aromatic heterocycles. The summed E-state index contributed by atoms with van der Waals surface area (Å²) in [5.41, 5.74) is 1.39. The number of nitrogens with one attached hydrogen (secondary N) is 1. The SMILES string of the molecule is CC(NC(=O)c1cccc(Br)c1F)c1ccc(C#N)cc1. The average Bonchev–Trinajstić information content (AvgIpc) is 2.50. The molecule has 0 spiro atoms. The van der Waals surface area contributed by atoms with Crippen LogP contribution in [0.3, 0.4) is 0 Å². The quantitative estimate of drug-likeness (QED) is 0.914. The van der Waals surface area contributed by atoms with Crippen molar-refractivity contribution in [3.8, 4) is 6.07 Å². The van der Waals surface area contributed by atoms with Gasteiger partial charge in [-0.3, -0.25) is 4.79 Å². The highest BCUT2D eigenvalue weighted by Crippen LogP contribution is 2.20. The summed E-state index contributed by atoms with van der Waals surface area (Å²) in [6, 6.07) is 13.2. The van der Waals surface area contributed by atoms with Crippen molar-refractivity contribution in [2.24, 2.45) is 0 Å². The fourth-order valence-electron chi connectivity index (χ4n) is 1.88. The van der Waals surface area contributed by atoms with Gasteiger partial charge in [-0.05, 0) is 52.7 Å². The van der Waals surface area contributed by atoms with Crippen LogP contribution in [0.2, 0.25) is 0 Å². The Balaban J connectivity index is 2.15. The molecule has 0 aliphatic rings. The van der Waals surface area contributed by atoms with E-state index in [2.05, 4.69) is 21.2 Å². The van der Waals surface area contributed by atoms with E-state index in [1.807, 2.05) is 6.07 Å². The van der Waals surface area contributed by atoms with Gasteiger partial charge in [-0.25, -0.2) is 4.39 Å². The molecule has 0 saturated heterocycles. The Hall–Kier alpha value is -2.19. The molecular formula is C16H12BrFN2O. The van der Waals surface area contributed by atoms with E-state index in [1.54, 1.807) is 37.3 Å². The number of carbonyl (C=O) groups excluding carboxylic acids is 1. The summed E-state index contributed by atoms with van der Waals surface area (Å²) >= 11 is 3.06. The Bertz CT molecular complexity index is 707. The lowest BCUT2D eigenvalue weighted by atomic mass is 10.1. The number of halogens is 2. The molecule has 2 rings (SSSR count). The molecule has 2 aromatic carbocycles. The van der Waals surface area contributed by atoms with Gasteiger partial charge in [0.1, 0.15) is 5.82 Å². The van der Waals surface area contributed by atoms with E-state index in [0.717, 1.165) is 5.56 Å². The lowest BCUT2D eigenvalue weighted by molar-refractivity contribution is 0.0935. The van der Waals surface area contributed by atoms with Gasteiger partial charge in [-0.1, -0.05) is 18.2 Å². The number of benzene rings is 2. The predicted octanol–water partition coefficient (Wildman–Crippen LogP) is 3.95. The minimum absolute atomic E-state index is 0.00938. The summed E-state index contributed by atoms with van der Waals surface area (Å²) in [7, 11) is 0. The highest BCUT2D eigenvalue weighted by molar-refractivity contribution is 9.10. The van der Waals surface area contributed by atoms with Crippen molar-refractivity contribution >= 4 is 21.8 Å². The van der Waals surface area contributed by atoms with Crippen molar-refractivity contribution in [1.29, 1.82) is 5.26 Å². The molecule has 1 unspecified atom stereocenters. The maximum Gasteiger partial charge on any atom is 0.254 e. The molecule has 106 valence electrons. The predicted molar refractivity (Wildman–Crippen MR) is 81.1 cm³/mol. The zero-order valence-corrected chi connectivity index (χ0v) is 12.8. The average molecular weight is 347 g/mol. The van der Waals surface area contributed by atoms with Crippen LogP contribution in [0.4, 0.5) is 4.39 Å². The molecule has 21 heavy (non-hydrogen) atoms. The van der Waals surface area contributed by atoms with Gasteiger partial charge in [0.25, 0.3) is 5.91 Å². The van der Waals surface area contributed by atoms with E-state index in [0.29, 0.717) is 5.56 Å². The third-order valence-electron chi connectivity index (χ3n) is 3.08. The summed E-state index contributed by atoms with van der Waals surface area (Å²) in [5.74, 6) is -1.06. The molecule has 0 fully saturated rings. The van der Waals surface area contributed by atoms with Crippen molar-refractivity contribution in [3.63, 3.8) is 0 Å². The summed E-state index contributed by atoms with van der Waals surface area (Å²) in [6.45, 7) is 1.80. The van der Waals surface area contributed by atoms with Crippen molar-refractivity contribution in [1.82, 2.24) is 5.32 Å². The Morgan fingerprint density at radius 1 is 1.29 bits per heavy atom. The number of rotatable bonds is 3. The van der Waals surface area contributed by atoms with Crippen LogP contribution in [0.25, 0.3) is 0 Å². The molecule has 0 aliphatic carbocycles. The summed E-state index contributed by atoms with van der Waals surface area (Å²) in [5, 5.41) is 11.5. The maximum absolute atomic E-state index is 13.9. The van der Waals surface area contributed by atoms with Crippen LogP contribution in [0.15, 0.2) is 46.9 Å². The zero-order valence-electron chi connectivity index (χ0n) is 11.2. The molecule has 5 heteroatoms. The molecule has 2 aromatic rings. The summed E-state index contributed by atoms with van der Waals surface area (Å²) < 4.78 is 14.1. The number of hydrogen-bond donors (Lipinski definition) is 1. The van der Waals surface area contributed by atoms with E-state index < -0.39 is 11.7 Å². The molecule has 0 heterocycles. The number of amides is 1. The Morgan fingerprint density at radius 3 is 2.57 bits per heavy atom. The fraction of sp³-hybridized carbons (Fsp3) is 0.125. The second kappa shape index (κ2) is 6.51. The first-order chi connectivity index (χ1) is 10.0. The highest BCUT2D eigenvalue weighted by atomic mass is 79.9. The van der Waals surface area contributed by atoms with Crippen molar-refractivity contribution < 1.29 is 9.18 Å². The van der Waals surface area contributed by atoms with Gasteiger partial charge >= 0.3 is 0 Å². The second-order valence-electron chi connectivity index (χ2n) is 4.53. The van der Waals surface area contributed by atoms with E-state index in [1.165, 1.54) is 12.1 Å². The standard InChI is InChI=1S/C16H12BrFN2O/c1-10(12-7-5-11(9-19)6-8-12)20-16(21)13-3-2-4-14(17)15(13)18/h2-8,10H,1H3,(H,20,21). The molecule has 0 radical (unpaired) electrons. The molecule has 0 saturated carbocycles. The van der Waals surface area contributed by atoms with Gasteiger partial charge in [0, 0.05) is 0 Å². The van der Waals surface area contributed by atoms with Gasteiger partial charge in [-0.15, -0.1) is 0 Å². The molecule has 0 bridgehead atoms. The van der Waals surface area contributed by atoms with Crippen LogP contribution in [-0.4, -0.2) is 5.91 Å². The van der Waals surface area contributed by atoms with Gasteiger partial charge in [-0.2, -0.15) is 5.26 Å². The normalized spacial score (nSPS) is 11.5. The molecule has 0 aliphatic heterocycles. The topological polar surface area (TPSA) is 52.9 Å². The van der Waals surface area contributed by atoms with Gasteiger partial charge in [0.2, 0.25) is 0 Å².